The number of rotatable bonds is 8. The molecule has 2 aromatic rings. The van der Waals surface area contributed by atoms with Crippen LogP contribution >= 0.6 is 0 Å². The van der Waals surface area contributed by atoms with E-state index < -0.39 is 23.8 Å². The minimum Gasteiger partial charge on any atom is -0.481 e. The highest BCUT2D eigenvalue weighted by atomic mass is 19.4. The molecule has 10 heteroatoms. The third-order valence-electron chi connectivity index (χ3n) is 4.45. The Hall–Kier alpha value is -3.30. The average Bonchev–Trinajstić information content (AvgIpc) is 2.70. The lowest BCUT2D eigenvalue weighted by Crippen LogP contribution is -2.31. The summed E-state index contributed by atoms with van der Waals surface area (Å²) in [5.74, 6) is -0.959. The summed E-state index contributed by atoms with van der Waals surface area (Å²) in [6, 6.07) is 4.65. The molecule has 0 radical (unpaired) electrons. The summed E-state index contributed by atoms with van der Waals surface area (Å²) in [5.41, 5.74) is 0.334. The third kappa shape index (κ3) is 6.09. The van der Waals surface area contributed by atoms with E-state index in [9.17, 15) is 22.8 Å². The van der Waals surface area contributed by atoms with Gasteiger partial charge >= 0.3 is 18.2 Å². The molecule has 0 saturated carbocycles. The number of pyridine rings is 1. The summed E-state index contributed by atoms with van der Waals surface area (Å²) in [7, 11) is 1.35. The van der Waals surface area contributed by atoms with Gasteiger partial charge in [0, 0.05) is 24.8 Å². The number of carboxylic acids is 1. The van der Waals surface area contributed by atoms with E-state index >= 15 is 0 Å². The molecule has 1 heterocycles. The Bertz CT molecular complexity index is 947. The topological polar surface area (TPSA) is 89.0 Å². The zero-order valence-electron chi connectivity index (χ0n) is 17.3. The van der Waals surface area contributed by atoms with Gasteiger partial charge in [0.2, 0.25) is 5.88 Å². The predicted molar refractivity (Wildman–Crippen MR) is 106 cm³/mol. The van der Waals surface area contributed by atoms with Gasteiger partial charge in [-0.05, 0) is 48.7 Å². The number of ether oxygens (including phenoxy) is 2. The molecule has 0 aliphatic heterocycles. The number of aliphatic carboxylic acids is 1. The molecule has 0 atom stereocenters. The minimum absolute atomic E-state index is 0.120. The van der Waals surface area contributed by atoms with Crippen molar-refractivity contribution in [2.45, 2.75) is 33.0 Å². The summed E-state index contributed by atoms with van der Waals surface area (Å²) >= 11 is 0. The number of hydrogen-bond acceptors (Lipinski definition) is 5. The van der Waals surface area contributed by atoms with Gasteiger partial charge in [-0.2, -0.15) is 13.2 Å². The van der Waals surface area contributed by atoms with Gasteiger partial charge in [-0.1, -0.05) is 6.07 Å². The van der Waals surface area contributed by atoms with Gasteiger partial charge in [0.1, 0.15) is 0 Å². The van der Waals surface area contributed by atoms with Gasteiger partial charge in [0.25, 0.3) is 0 Å². The number of carboxylic acid groups (broad SMARTS) is 1. The number of halogens is 3. The van der Waals surface area contributed by atoms with Crippen molar-refractivity contribution in [1.82, 2.24) is 9.88 Å². The molecule has 1 N–H and O–H groups in total. The number of amides is 1. The van der Waals surface area contributed by atoms with Crippen LogP contribution in [0, 0.1) is 0 Å². The lowest BCUT2D eigenvalue weighted by atomic mass is 9.96. The molecule has 31 heavy (non-hydrogen) atoms. The lowest BCUT2D eigenvalue weighted by Gasteiger charge is -2.23. The van der Waals surface area contributed by atoms with Crippen LogP contribution in [0.3, 0.4) is 0 Å². The van der Waals surface area contributed by atoms with Crippen LogP contribution in [0.4, 0.5) is 18.0 Å². The van der Waals surface area contributed by atoms with E-state index in [4.69, 9.17) is 14.6 Å². The van der Waals surface area contributed by atoms with Gasteiger partial charge in [-0.3, -0.25) is 4.79 Å². The second kappa shape index (κ2) is 10.1. The molecule has 0 bridgehead atoms. The third-order valence-corrected chi connectivity index (χ3v) is 4.45. The van der Waals surface area contributed by atoms with Crippen molar-refractivity contribution in [3.63, 3.8) is 0 Å². The molecular weight excluding hydrogens is 417 g/mol. The highest BCUT2D eigenvalue weighted by Crippen LogP contribution is 2.37. The van der Waals surface area contributed by atoms with Crippen LogP contribution in [0.5, 0.6) is 5.88 Å². The van der Waals surface area contributed by atoms with E-state index in [1.165, 1.54) is 30.3 Å². The van der Waals surface area contributed by atoms with Crippen molar-refractivity contribution in [2.75, 3.05) is 20.3 Å². The van der Waals surface area contributed by atoms with Crippen LogP contribution in [0.1, 0.15) is 30.5 Å². The number of aromatic nitrogens is 1. The quantitative estimate of drug-likeness (QED) is 0.655. The Labute approximate surface area is 177 Å². The maximum atomic E-state index is 13.3. The zero-order valence-corrected chi connectivity index (χ0v) is 17.3. The maximum absolute atomic E-state index is 13.3. The first-order valence-corrected chi connectivity index (χ1v) is 9.47. The molecular formula is C21H23F3N2O5. The van der Waals surface area contributed by atoms with E-state index in [1.807, 2.05) is 0 Å². The Morgan fingerprint density at radius 3 is 2.42 bits per heavy atom. The largest absolute Gasteiger partial charge is 0.481 e. The first-order chi connectivity index (χ1) is 14.6. The number of alkyl halides is 3. The molecule has 0 aliphatic carbocycles. The van der Waals surface area contributed by atoms with E-state index in [-0.39, 0.29) is 37.6 Å². The highest BCUT2D eigenvalue weighted by molar-refractivity contribution is 5.76. The highest BCUT2D eigenvalue weighted by Gasteiger charge is 2.32. The smallest absolute Gasteiger partial charge is 0.416 e. The fourth-order valence-corrected chi connectivity index (χ4v) is 3.01. The molecule has 0 spiro atoms. The molecule has 0 saturated heterocycles. The molecule has 7 nitrogen and oxygen atoms in total. The molecule has 1 aromatic carbocycles. The Morgan fingerprint density at radius 1 is 1.16 bits per heavy atom. The van der Waals surface area contributed by atoms with Crippen molar-refractivity contribution in [3.8, 4) is 17.0 Å². The van der Waals surface area contributed by atoms with Gasteiger partial charge in [-0.25, -0.2) is 9.78 Å². The molecule has 0 aliphatic rings. The Balaban J connectivity index is 2.64. The van der Waals surface area contributed by atoms with Crippen LogP contribution in [0.25, 0.3) is 11.1 Å². The van der Waals surface area contributed by atoms with Crippen molar-refractivity contribution in [1.29, 1.82) is 0 Å². The second-order valence-corrected chi connectivity index (χ2v) is 6.55. The van der Waals surface area contributed by atoms with Gasteiger partial charge in [-0.15, -0.1) is 0 Å². The van der Waals surface area contributed by atoms with Crippen LogP contribution in [0.2, 0.25) is 0 Å². The van der Waals surface area contributed by atoms with Crippen LogP contribution in [-0.2, 0) is 28.7 Å². The molecule has 2 rings (SSSR count). The second-order valence-electron chi connectivity index (χ2n) is 6.55. The molecule has 0 unspecified atom stereocenters. The standard InChI is InChI=1S/C21H23F3N2O5/c1-4-26(20(29)31-5-2)12-14-10-15(21(22,23)24)6-7-16(14)17-8-13(9-18(27)28)11-25-19(17)30-3/h6-8,10-11H,4-5,9,12H2,1-3H3,(H,27,28). The minimum atomic E-state index is -4.58. The fourth-order valence-electron chi connectivity index (χ4n) is 3.01. The molecule has 0 fully saturated rings. The SMILES string of the molecule is CCOC(=O)N(CC)Cc1cc(C(F)(F)F)ccc1-c1cc(CC(=O)O)cnc1OC. The van der Waals surface area contributed by atoms with Crippen molar-refractivity contribution in [2.24, 2.45) is 0 Å². The van der Waals surface area contributed by atoms with E-state index in [0.29, 0.717) is 16.7 Å². The number of carbonyl (C=O) groups is 2. The summed E-state index contributed by atoms with van der Waals surface area (Å²) < 4.78 is 50.3. The molecule has 168 valence electrons. The number of hydrogen-bond donors (Lipinski definition) is 1. The first kappa shape index (κ1) is 24.0. The summed E-state index contributed by atoms with van der Waals surface area (Å²) in [6.07, 6.45) is -4.22. The van der Waals surface area contributed by atoms with Gasteiger partial charge in [0.05, 0.1) is 25.7 Å². The van der Waals surface area contributed by atoms with Crippen molar-refractivity contribution >= 4 is 12.1 Å². The van der Waals surface area contributed by atoms with Gasteiger partial charge < -0.3 is 19.5 Å². The van der Waals surface area contributed by atoms with Crippen LogP contribution < -0.4 is 4.74 Å². The summed E-state index contributed by atoms with van der Waals surface area (Å²) in [5, 5.41) is 9.06. The maximum Gasteiger partial charge on any atom is 0.416 e. The lowest BCUT2D eigenvalue weighted by molar-refractivity contribution is -0.138. The number of carbonyl (C=O) groups excluding carboxylic acids is 1. The van der Waals surface area contributed by atoms with Crippen molar-refractivity contribution < 1.29 is 37.3 Å². The van der Waals surface area contributed by atoms with Crippen molar-refractivity contribution in [3.05, 3.63) is 47.2 Å². The molecule has 1 aromatic heterocycles. The Kier molecular flexibility index (Phi) is 7.84. The molecule has 1 amide bonds. The summed E-state index contributed by atoms with van der Waals surface area (Å²) in [6.45, 7) is 3.50. The van der Waals surface area contributed by atoms with E-state index in [2.05, 4.69) is 4.98 Å². The predicted octanol–water partition coefficient (Wildman–Crippen LogP) is 4.38. The average molecular weight is 440 g/mol. The monoisotopic (exact) mass is 440 g/mol. The van der Waals surface area contributed by atoms with E-state index in [1.54, 1.807) is 13.8 Å². The number of nitrogens with zero attached hydrogens (tertiary/aromatic N) is 2. The summed E-state index contributed by atoms with van der Waals surface area (Å²) in [4.78, 5) is 28.6. The van der Waals surface area contributed by atoms with Crippen LogP contribution in [0.15, 0.2) is 30.5 Å². The van der Waals surface area contributed by atoms with E-state index in [0.717, 1.165) is 12.1 Å². The zero-order chi connectivity index (χ0) is 23.2. The normalized spacial score (nSPS) is 11.2. The van der Waals surface area contributed by atoms with Gasteiger partial charge in [0.15, 0.2) is 0 Å². The number of methoxy groups -OCH3 is 1. The Morgan fingerprint density at radius 2 is 1.87 bits per heavy atom. The first-order valence-electron chi connectivity index (χ1n) is 9.47. The van der Waals surface area contributed by atoms with Crippen LogP contribution in [-0.4, -0.2) is 47.3 Å². The fraction of sp³-hybridized carbons (Fsp3) is 0.381. The number of benzene rings is 1.